The van der Waals surface area contributed by atoms with Crippen LogP contribution in [0.15, 0.2) is 29.4 Å². The summed E-state index contributed by atoms with van der Waals surface area (Å²) in [5.74, 6) is -0.222. The van der Waals surface area contributed by atoms with Crippen LogP contribution < -0.4 is 5.43 Å². The maximum atomic E-state index is 11.0. The van der Waals surface area contributed by atoms with E-state index in [4.69, 9.17) is 4.74 Å². The van der Waals surface area contributed by atoms with E-state index in [1.54, 1.807) is 0 Å². The van der Waals surface area contributed by atoms with Gasteiger partial charge in [0, 0.05) is 25.2 Å². The Kier molecular flexibility index (Phi) is 5.33. The number of anilines is 1. The molecule has 10 nitrogen and oxygen atoms in total. The van der Waals surface area contributed by atoms with Crippen LogP contribution in [-0.2, 0) is 4.74 Å². The second kappa shape index (κ2) is 7.43. The van der Waals surface area contributed by atoms with E-state index in [0.717, 1.165) is 0 Å². The van der Waals surface area contributed by atoms with Gasteiger partial charge in [-0.2, -0.15) is 5.43 Å². The van der Waals surface area contributed by atoms with Gasteiger partial charge in [0.2, 0.25) is 0 Å². The van der Waals surface area contributed by atoms with Crippen LogP contribution in [0.2, 0.25) is 0 Å². The standard InChI is InChI=1S/C12H15N5O5/c18-16(19)11-3-1-10(2-4-11)13-14-12(17(20)21)9-15-5-7-22-8-6-15/h1-4,13H,5-9H2. The van der Waals surface area contributed by atoms with Gasteiger partial charge in [0.1, 0.15) is 6.54 Å². The van der Waals surface area contributed by atoms with E-state index in [1.807, 2.05) is 4.90 Å². The highest BCUT2D eigenvalue weighted by Crippen LogP contribution is 2.15. The zero-order valence-corrected chi connectivity index (χ0v) is 11.7. The van der Waals surface area contributed by atoms with Gasteiger partial charge >= 0.3 is 5.84 Å². The minimum atomic E-state index is -0.548. The highest BCUT2D eigenvalue weighted by atomic mass is 16.6. The van der Waals surface area contributed by atoms with Gasteiger partial charge in [-0.05, 0) is 17.1 Å². The largest absolute Gasteiger partial charge is 0.379 e. The molecule has 1 aliphatic heterocycles. The van der Waals surface area contributed by atoms with Gasteiger partial charge in [-0.25, -0.2) is 0 Å². The van der Waals surface area contributed by atoms with Gasteiger partial charge in [-0.3, -0.25) is 15.0 Å². The number of nitro groups is 2. The first-order chi connectivity index (χ1) is 10.6. The number of hydrazone groups is 1. The maximum Gasteiger partial charge on any atom is 0.377 e. The third kappa shape index (κ3) is 4.46. The Balaban J connectivity index is 2.00. The summed E-state index contributed by atoms with van der Waals surface area (Å²) in [7, 11) is 0. The lowest BCUT2D eigenvalue weighted by Crippen LogP contribution is -2.41. The van der Waals surface area contributed by atoms with E-state index in [1.165, 1.54) is 24.3 Å². The number of amidine groups is 1. The molecule has 2 rings (SSSR count). The van der Waals surface area contributed by atoms with E-state index in [-0.39, 0.29) is 18.1 Å². The molecule has 1 fully saturated rings. The lowest BCUT2D eigenvalue weighted by molar-refractivity contribution is -0.384. The fourth-order valence-corrected chi connectivity index (χ4v) is 1.88. The Bertz CT molecular complexity index is 568. The van der Waals surface area contributed by atoms with Crippen LogP contribution in [0.3, 0.4) is 0 Å². The molecule has 0 aromatic heterocycles. The molecule has 0 saturated carbocycles. The lowest BCUT2D eigenvalue weighted by atomic mass is 10.3. The molecule has 118 valence electrons. The Morgan fingerprint density at radius 1 is 1.23 bits per heavy atom. The number of nitrogens with zero attached hydrogens (tertiary/aromatic N) is 4. The molecule has 22 heavy (non-hydrogen) atoms. The number of non-ortho nitro benzene ring substituents is 1. The number of nitrogens with one attached hydrogen (secondary N) is 1. The number of hydrogen-bond acceptors (Lipinski definition) is 8. The molecule has 0 amide bonds. The number of nitro benzene ring substituents is 1. The summed E-state index contributed by atoms with van der Waals surface area (Å²) in [4.78, 5) is 22.4. The zero-order chi connectivity index (χ0) is 15.9. The molecule has 1 aromatic carbocycles. The average molecular weight is 309 g/mol. The van der Waals surface area contributed by atoms with Crippen molar-refractivity contribution in [1.29, 1.82) is 0 Å². The Hall–Kier alpha value is -2.59. The average Bonchev–Trinajstić information content (AvgIpc) is 2.52. The smallest absolute Gasteiger partial charge is 0.377 e. The van der Waals surface area contributed by atoms with Crippen molar-refractivity contribution in [2.75, 3.05) is 38.3 Å². The number of hydrogen-bond donors (Lipinski definition) is 1. The summed E-state index contributed by atoms with van der Waals surface area (Å²) in [6, 6.07) is 5.47. The third-order valence-electron chi connectivity index (χ3n) is 3.07. The Morgan fingerprint density at radius 2 is 1.86 bits per heavy atom. The third-order valence-corrected chi connectivity index (χ3v) is 3.07. The van der Waals surface area contributed by atoms with E-state index in [0.29, 0.717) is 32.0 Å². The van der Waals surface area contributed by atoms with Crippen molar-refractivity contribution >= 4 is 17.2 Å². The highest BCUT2D eigenvalue weighted by molar-refractivity contribution is 5.77. The minimum absolute atomic E-state index is 0.0580. The van der Waals surface area contributed by atoms with Crippen LogP contribution in [-0.4, -0.2) is 53.4 Å². The molecule has 0 spiro atoms. The molecule has 10 heteroatoms. The van der Waals surface area contributed by atoms with Crippen molar-refractivity contribution in [3.8, 4) is 0 Å². The van der Waals surface area contributed by atoms with Crippen molar-refractivity contribution in [1.82, 2.24) is 4.90 Å². The summed E-state index contributed by atoms with van der Waals surface area (Å²) in [6.45, 7) is 2.42. The molecule has 0 unspecified atom stereocenters. The van der Waals surface area contributed by atoms with Crippen molar-refractivity contribution in [3.05, 3.63) is 44.5 Å². The first-order valence-corrected chi connectivity index (χ1v) is 6.58. The predicted molar refractivity (Wildman–Crippen MR) is 78.4 cm³/mol. The number of rotatable bonds is 5. The van der Waals surface area contributed by atoms with Gasteiger partial charge in [0.05, 0.1) is 28.9 Å². The Morgan fingerprint density at radius 3 is 2.41 bits per heavy atom. The monoisotopic (exact) mass is 309 g/mol. The van der Waals surface area contributed by atoms with E-state index in [2.05, 4.69) is 10.5 Å². The lowest BCUT2D eigenvalue weighted by Gasteiger charge is -2.24. The van der Waals surface area contributed by atoms with Crippen molar-refractivity contribution in [2.24, 2.45) is 5.10 Å². The maximum absolute atomic E-state index is 11.0. The molecule has 0 aliphatic carbocycles. The SMILES string of the molecule is O=[N+]([O-])C(CN1CCOCC1)=NNc1ccc([N+](=O)[O-])cc1. The molecule has 1 N–H and O–H groups in total. The summed E-state index contributed by atoms with van der Waals surface area (Å²) < 4.78 is 5.18. The fraction of sp³-hybridized carbons (Fsp3) is 0.417. The molecular formula is C12H15N5O5. The fourth-order valence-electron chi connectivity index (χ4n) is 1.88. The second-order valence-corrected chi connectivity index (χ2v) is 4.59. The summed E-state index contributed by atoms with van der Waals surface area (Å²) in [6.07, 6.45) is 0. The number of ether oxygens (including phenoxy) is 1. The summed E-state index contributed by atoms with van der Waals surface area (Å²) in [5.41, 5.74) is 2.93. The van der Waals surface area contributed by atoms with Crippen LogP contribution in [0.25, 0.3) is 0 Å². The van der Waals surface area contributed by atoms with Gasteiger partial charge in [0.15, 0.2) is 0 Å². The molecule has 0 bridgehead atoms. The molecule has 1 saturated heterocycles. The predicted octanol–water partition coefficient (Wildman–Crippen LogP) is 0.929. The number of morpholine rings is 1. The highest BCUT2D eigenvalue weighted by Gasteiger charge is 2.20. The van der Waals surface area contributed by atoms with Crippen LogP contribution in [0.5, 0.6) is 0 Å². The quantitative estimate of drug-likeness (QED) is 0.371. The molecule has 0 radical (unpaired) electrons. The number of benzene rings is 1. The van der Waals surface area contributed by atoms with Gasteiger partial charge in [0.25, 0.3) is 5.69 Å². The van der Waals surface area contributed by atoms with Gasteiger partial charge < -0.3 is 14.9 Å². The zero-order valence-electron chi connectivity index (χ0n) is 11.7. The second-order valence-electron chi connectivity index (χ2n) is 4.59. The van der Waals surface area contributed by atoms with Crippen molar-refractivity contribution in [3.63, 3.8) is 0 Å². The van der Waals surface area contributed by atoms with Crippen molar-refractivity contribution in [2.45, 2.75) is 0 Å². The van der Waals surface area contributed by atoms with E-state index >= 15 is 0 Å². The minimum Gasteiger partial charge on any atom is -0.379 e. The molecule has 0 atom stereocenters. The molecular weight excluding hydrogens is 294 g/mol. The molecule has 1 aliphatic rings. The normalized spacial score (nSPS) is 16.3. The van der Waals surface area contributed by atoms with Gasteiger partial charge in [-0.15, -0.1) is 0 Å². The van der Waals surface area contributed by atoms with Crippen LogP contribution >= 0.6 is 0 Å². The van der Waals surface area contributed by atoms with E-state index in [9.17, 15) is 20.2 Å². The first kappa shape index (κ1) is 15.8. The topological polar surface area (TPSA) is 123 Å². The van der Waals surface area contributed by atoms with Crippen LogP contribution in [0.4, 0.5) is 11.4 Å². The summed E-state index contributed by atoms with van der Waals surface area (Å²) >= 11 is 0. The van der Waals surface area contributed by atoms with E-state index < -0.39 is 9.85 Å². The van der Waals surface area contributed by atoms with Crippen molar-refractivity contribution < 1.29 is 14.6 Å². The Labute approximate surface area is 125 Å². The van der Waals surface area contributed by atoms with Crippen LogP contribution in [0.1, 0.15) is 0 Å². The summed E-state index contributed by atoms with van der Waals surface area (Å²) in [5, 5.41) is 25.3. The molecule has 1 aromatic rings. The van der Waals surface area contributed by atoms with Gasteiger partial charge in [-0.1, -0.05) is 0 Å². The van der Waals surface area contributed by atoms with Crippen LogP contribution in [0, 0.1) is 20.2 Å². The first-order valence-electron chi connectivity index (χ1n) is 6.58. The molecule has 1 heterocycles.